The Morgan fingerprint density at radius 2 is 0.718 bits per heavy atom. The second-order valence-corrected chi connectivity index (χ2v) is 30.8. The van der Waals surface area contributed by atoms with Gasteiger partial charge in [-0.25, -0.2) is 28.4 Å². The maximum atomic E-state index is 13.2. The number of aliphatic carboxylic acids is 2. The molecule has 614 valence electrons. The zero-order chi connectivity index (χ0) is 80.8. The number of carboxylic acids is 2. The minimum Gasteiger partial charge on any atom is -0.870 e. The molecule has 12 aromatic rings. The summed E-state index contributed by atoms with van der Waals surface area (Å²) in [6, 6.07) is 29.8. The van der Waals surface area contributed by atoms with Crippen LogP contribution in [0.3, 0.4) is 0 Å². The predicted molar refractivity (Wildman–Crippen MR) is 437 cm³/mol. The summed E-state index contributed by atoms with van der Waals surface area (Å²) in [5.41, 5.74) is 29.8. The van der Waals surface area contributed by atoms with Crippen LogP contribution in [0.15, 0.2) is 161 Å². The number of rotatable bonds is 30. The molecule has 0 spiro atoms. The van der Waals surface area contributed by atoms with Crippen molar-refractivity contribution >= 4 is 87.6 Å². The van der Waals surface area contributed by atoms with Gasteiger partial charge in [0.2, 0.25) is 0 Å². The van der Waals surface area contributed by atoms with E-state index in [1.54, 1.807) is 72.8 Å². The summed E-state index contributed by atoms with van der Waals surface area (Å²) in [4.78, 5) is 55.5. The van der Waals surface area contributed by atoms with E-state index < -0.39 is 28.7 Å². The number of aromatic nitrogens is 15. The number of hydrogen-bond acceptors (Lipinski definition) is 24. The van der Waals surface area contributed by atoms with Gasteiger partial charge in [0, 0.05) is 100 Å². The molecule has 9 aromatic heterocycles. The minimum absolute atomic E-state index is 0. The number of ether oxygens (including phenoxy) is 8. The van der Waals surface area contributed by atoms with Crippen molar-refractivity contribution in [2.24, 2.45) is 0 Å². The standard InChI is InChI=1S/C29H36N6O5S.2C26H30N6O4S.Li.H2O/c1-37-13-15-39-28(36)29(40-16-14-38-2)11-9-20(10-12-29)24-25(41-3)26(30)35-27(33-24)23(18-32-35)21-17-31-34(19-21)22-7-5-4-6-8-22;2*1-35-12-13-36-26(25(33)34)10-8-17(9-11-26)21-22(37-2)23(27)32-24(30-21)20(15-29-32)18-14-28-31(16-18)19-6-4-3-5-7-19;;/h4-8,17-20H,9-16H2,1-3H3,(H2,30,32,33);2*3-7,14-17H,8-13H2,1-2H3,(H3,27,29,30,33,34);;1H2/q;;;+1;/p+2. The Morgan fingerprint density at radius 3 is 0.991 bits per heavy atom. The molecule has 117 heavy (non-hydrogen) atoms. The summed E-state index contributed by atoms with van der Waals surface area (Å²) in [5.74, 6) is -0.178. The molecule has 0 atom stereocenters. The Hall–Kier alpha value is -9.71. The van der Waals surface area contributed by atoms with E-state index in [0.717, 1.165) is 87.9 Å². The fourth-order valence-electron chi connectivity index (χ4n) is 15.5. The van der Waals surface area contributed by atoms with Crippen molar-refractivity contribution in [1.29, 1.82) is 0 Å². The molecule has 0 amide bonds. The van der Waals surface area contributed by atoms with Crippen molar-refractivity contribution in [3.8, 4) is 50.4 Å². The Morgan fingerprint density at radius 1 is 0.444 bits per heavy atom. The van der Waals surface area contributed by atoms with Crippen molar-refractivity contribution in [2.75, 3.05) is 117 Å². The number of carbonyl (C=O) groups excluding carboxylic acids is 1. The smallest absolute Gasteiger partial charge is 0.870 e. The second-order valence-electron chi connectivity index (χ2n) is 28.4. The zero-order valence-electron chi connectivity index (χ0n) is 66.9. The number of carboxylic acid groups (broad SMARTS) is 2. The van der Waals surface area contributed by atoms with Crippen LogP contribution >= 0.6 is 35.3 Å². The van der Waals surface area contributed by atoms with Crippen LogP contribution in [0.4, 0.5) is 17.5 Å². The molecule has 15 rings (SSSR count). The van der Waals surface area contributed by atoms with E-state index in [0.29, 0.717) is 139 Å². The SMILES string of the molecule is COCCOC(=O)C1(OCCOC)CCC(c2nc3c(-c4cnn(-c5ccccc5)c4)c[nH][n+]3c(N)c2SC)CC1.COCCOC1(C(=O)O)CCC(c2nc3c(-c4cnn(-c5ccccc5)c4)c[nH][n+]3c(N)c2SC)CC1.COCCOC1(C(=O)O)CCC(c2nc3c(-c4cnn(-c5ccccc5)c4)c[nH][n+]3c(N)c2SC)CC1.[Li+].[OH-]. The Kier molecular flexibility index (Phi) is 30.2. The number of aromatic amines is 3. The number of nitrogens with zero attached hydrogens (tertiary/aromatic N) is 12. The van der Waals surface area contributed by atoms with E-state index in [1.807, 2.05) is 184 Å². The number of para-hydroxylation sites is 3. The van der Waals surface area contributed by atoms with Crippen molar-refractivity contribution in [1.82, 2.24) is 59.6 Å². The van der Waals surface area contributed by atoms with Gasteiger partial charge in [0.25, 0.3) is 34.4 Å². The van der Waals surface area contributed by atoms with Gasteiger partial charge in [0.15, 0.2) is 16.8 Å². The molecule has 3 aliphatic carbocycles. The van der Waals surface area contributed by atoms with E-state index in [-0.39, 0.29) is 67.9 Å². The molecule has 3 aromatic carbocycles. The first-order valence-corrected chi connectivity index (χ1v) is 41.8. The van der Waals surface area contributed by atoms with Gasteiger partial charge >= 0.3 is 36.8 Å². The van der Waals surface area contributed by atoms with Gasteiger partial charge in [-0.1, -0.05) is 54.6 Å². The van der Waals surface area contributed by atoms with Crippen molar-refractivity contribution in [3.63, 3.8) is 0 Å². The Balaban J connectivity index is 0.000000171. The third-order valence-corrected chi connectivity index (χ3v) is 24.2. The zero-order valence-corrected chi connectivity index (χ0v) is 69.3. The first-order valence-electron chi connectivity index (χ1n) is 38.1. The normalized spacial score (nSPS) is 19.3. The molecule has 3 aliphatic rings. The summed E-state index contributed by atoms with van der Waals surface area (Å²) in [6.07, 6.45) is 29.6. The fraction of sp³-hybridized carbons (Fsp3) is 0.407. The fourth-order valence-corrected chi connectivity index (χ4v) is 17.6. The summed E-state index contributed by atoms with van der Waals surface area (Å²) >= 11 is 4.68. The van der Waals surface area contributed by atoms with Crippen LogP contribution in [0.5, 0.6) is 0 Å². The number of H-pyrrole nitrogens is 3. The number of esters is 1. The van der Waals surface area contributed by atoms with Gasteiger partial charge in [-0.2, -0.15) is 15.3 Å². The minimum atomic E-state index is -1.19. The topological polar surface area (TPSA) is 425 Å². The van der Waals surface area contributed by atoms with Gasteiger partial charge in [-0.3, -0.25) is 15.3 Å². The number of anilines is 3. The van der Waals surface area contributed by atoms with Gasteiger partial charge in [0.05, 0.1) is 98.6 Å². The number of nitrogens with one attached hydrogen (secondary N) is 3. The largest absolute Gasteiger partial charge is 1.00 e. The predicted octanol–water partition coefficient (Wildman–Crippen LogP) is 7.28. The van der Waals surface area contributed by atoms with E-state index >= 15 is 0 Å². The number of thioether (sulfide) groups is 3. The van der Waals surface area contributed by atoms with E-state index in [9.17, 15) is 24.6 Å². The molecule has 32 nitrogen and oxygen atoms in total. The van der Waals surface area contributed by atoms with Crippen LogP contribution < -0.4 is 49.6 Å². The number of benzene rings is 3. The van der Waals surface area contributed by atoms with Crippen LogP contribution in [0.1, 0.15) is 112 Å². The molecule has 0 saturated heterocycles. The third-order valence-electron chi connectivity index (χ3n) is 21.7. The van der Waals surface area contributed by atoms with E-state index in [4.69, 9.17) is 70.0 Å². The summed E-state index contributed by atoms with van der Waals surface area (Å²) in [5, 5.41) is 43.2. The molecule has 9 heterocycles. The third kappa shape index (κ3) is 18.9. The van der Waals surface area contributed by atoms with E-state index in [1.165, 1.54) is 0 Å². The van der Waals surface area contributed by atoms with Gasteiger partial charge in [-0.15, -0.1) is 63.8 Å². The number of methoxy groups -OCH3 is 4. The van der Waals surface area contributed by atoms with Crippen LogP contribution in [0, 0.1) is 0 Å². The molecule has 12 N–H and O–H groups in total. The molecular formula is C81H100LiN18O14S3+3. The quantitative estimate of drug-likeness (QED) is 0.00720. The second kappa shape index (κ2) is 40.2. The maximum Gasteiger partial charge on any atom is 1.00 e. The van der Waals surface area contributed by atoms with Crippen LogP contribution in [-0.4, -0.2) is 210 Å². The summed E-state index contributed by atoms with van der Waals surface area (Å²) in [7, 11) is 6.33. The monoisotopic (exact) mass is 1650 g/mol. The van der Waals surface area contributed by atoms with E-state index in [2.05, 4.69) is 30.6 Å². The Labute approximate surface area is 701 Å². The number of fused-ring (bicyclic) bond motifs is 3. The Bertz CT molecular complexity index is 5080. The van der Waals surface area contributed by atoms with Crippen LogP contribution in [0.25, 0.3) is 67.4 Å². The average Bonchev–Trinajstić information content (AvgIpc) is 1.73. The number of nitrogens with two attached hydrogens (primary N) is 3. The molecule has 0 unspecified atom stereocenters. The van der Waals surface area contributed by atoms with Crippen LogP contribution in [-0.2, 0) is 52.3 Å². The van der Waals surface area contributed by atoms with Gasteiger partial charge in [0.1, 0.15) is 38.4 Å². The van der Waals surface area contributed by atoms with Crippen molar-refractivity contribution in [3.05, 3.63) is 164 Å². The van der Waals surface area contributed by atoms with Gasteiger partial charge in [-0.05, 0) is 132 Å². The first-order chi connectivity index (χ1) is 55.9. The maximum absolute atomic E-state index is 13.2. The van der Waals surface area contributed by atoms with Crippen molar-refractivity contribution < 1.29 is 100 Å². The van der Waals surface area contributed by atoms with Crippen molar-refractivity contribution in [2.45, 2.75) is 126 Å². The number of hydrogen-bond donors (Lipinski definition) is 8. The summed E-state index contributed by atoms with van der Waals surface area (Å²) < 4.78 is 54.5. The molecule has 0 aliphatic heterocycles. The molecule has 3 saturated carbocycles. The molecular weight excluding hydrogens is 1550 g/mol. The molecule has 36 heteroatoms. The molecule has 0 bridgehead atoms. The first kappa shape index (κ1) is 88.1. The number of nitrogen functional groups attached to an aromatic ring is 3. The van der Waals surface area contributed by atoms with Gasteiger partial charge < -0.3 is 70.8 Å². The van der Waals surface area contributed by atoms with Crippen LogP contribution in [0.2, 0.25) is 0 Å². The average molecular weight is 1650 g/mol. The molecule has 3 fully saturated rings. The number of carbonyl (C=O) groups is 3. The summed E-state index contributed by atoms with van der Waals surface area (Å²) in [6.45, 7) is 2.46. The molecule has 0 radical (unpaired) electrons.